The molecule has 0 saturated heterocycles. The molecule has 2 N–H and O–H groups in total. The maximum Gasteiger partial charge on any atom is 0.325 e. The second kappa shape index (κ2) is 6.50. The van der Waals surface area contributed by atoms with Crippen LogP contribution in [0.25, 0.3) is 0 Å². The maximum absolute atomic E-state index is 11.9. The molecule has 1 aliphatic rings. The van der Waals surface area contributed by atoms with Crippen molar-refractivity contribution in [2.24, 2.45) is 5.92 Å². The van der Waals surface area contributed by atoms with Gasteiger partial charge in [-0.15, -0.1) is 0 Å². The van der Waals surface area contributed by atoms with Gasteiger partial charge in [-0.1, -0.05) is 19.9 Å². The molecule has 0 amide bonds. The minimum absolute atomic E-state index is 0.211. The lowest BCUT2D eigenvalue weighted by atomic mass is 10.1. The van der Waals surface area contributed by atoms with Gasteiger partial charge >= 0.3 is 5.97 Å². The van der Waals surface area contributed by atoms with Crippen LogP contribution in [-0.4, -0.2) is 32.3 Å². The van der Waals surface area contributed by atoms with Gasteiger partial charge in [0.2, 0.25) is 0 Å². The van der Waals surface area contributed by atoms with Crippen LogP contribution in [0.5, 0.6) is 5.75 Å². The SMILES string of the molecule is CC(C)CCOC(=O)CN1CCOc2cccc(N)c21. The molecule has 0 bridgehead atoms. The number of nitrogens with zero attached hydrogens (tertiary/aromatic N) is 1. The Bertz CT molecular complexity index is 474. The number of hydrogen-bond acceptors (Lipinski definition) is 5. The summed E-state index contributed by atoms with van der Waals surface area (Å²) in [5, 5.41) is 0. The number of anilines is 2. The number of fused-ring (bicyclic) bond motifs is 1. The minimum Gasteiger partial charge on any atom is -0.489 e. The summed E-state index contributed by atoms with van der Waals surface area (Å²) in [5.41, 5.74) is 7.39. The van der Waals surface area contributed by atoms with Crippen LogP contribution >= 0.6 is 0 Å². The number of nitrogens with two attached hydrogens (primary N) is 1. The molecule has 110 valence electrons. The van der Waals surface area contributed by atoms with Gasteiger partial charge in [-0.3, -0.25) is 4.79 Å². The number of benzene rings is 1. The van der Waals surface area contributed by atoms with Crippen molar-refractivity contribution < 1.29 is 14.3 Å². The Morgan fingerprint density at radius 2 is 2.30 bits per heavy atom. The van der Waals surface area contributed by atoms with Gasteiger partial charge in [0.1, 0.15) is 24.6 Å². The number of para-hydroxylation sites is 1. The molecule has 0 aliphatic carbocycles. The monoisotopic (exact) mass is 278 g/mol. The highest BCUT2D eigenvalue weighted by Crippen LogP contribution is 2.36. The molecule has 1 heterocycles. The molecule has 0 atom stereocenters. The van der Waals surface area contributed by atoms with Gasteiger partial charge in [0.15, 0.2) is 0 Å². The Morgan fingerprint density at radius 3 is 3.05 bits per heavy atom. The summed E-state index contributed by atoms with van der Waals surface area (Å²) in [5.74, 6) is 1.04. The maximum atomic E-state index is 11.9. The lowest BCUT2D eigenvalue weighted by Gasteiger charge is -2.31. The second-order valence-corrected chi connectivity index (χ2v) is 5.37. The van der Waals surface area contributed by atoms with Gasteiger partial charge < -0.3 is 20.1 Å². The predicted molar refractivity (Wildman–Crippen MR) is 79.0 cm³/mol. The first-order chi connectivity index (χ1) is 9.58. The molecule has 0 unspecified atom stereocenters. The number of hydrogen-bond donors (Lipinski definition) is 1. The minimum atomic E-state index is -0.221. The predicted octanol–water partition coefficient (Wildman–Crippen LogP) is 2.06. The van der Waals surface area contributed by atoms with E-state index < -0.39 is 0 Å². The van der Waals surface area contributed by atoms with Gasteiger partial charge in [-0.05, 0) is 24.5 Å². The van der Waals surface area contributed by atoms with Crippen molar-refractivity contribution in [3.05, 3.63) is 18.2 Å². The molecule has 0 fully saturated rings. The summed E-state index contributed by atoms with van der Waals surface area (Å²) in [4.78, 5) is 13.8. The molecular weight excluding hydrogens is 256 g/mol. The molecule has 2 rings (SSSR count). The van der Waals surface area contributed by atoms with Crippen LogP contribution in [0.2, 0.25) is 0 Å². The number of carbonyl (C=O) groups excluding carboxylic acids is 1. The summed E-state index contributed by atoms with van der Waals surface area (Å²) in [6.45, 7) is 6.08. The molecule has 1 aromatic rings. The third-order valence-corrected chi connectivity index (χ3v) is 3.24. The summed E-state index contributed by atoms with van der Waals surface area (Å²) < 4.78 is 10.8. The number of carbonyl (C=O) groups is 1. The van der Waals surface area contributed by atoms with Crippen molar-refractivity contribution >= 4 is 17.3 Å². The van der Waals surface area contributed by atoms with Crippen molar-refractivity contribution in [2.75, 3.05) is 36.9 Å². The first-order valence-corrected chi connectivity index (χ1v) is 6.99. The first kappa shape index (κ1) is 14.5. The lowest BCUT2D eigenvalue weighted by molar-refractivity contribution is -0.142. The zero-order valence-electron chi connectivity index (χ0n) is 12.1. The highest BCUT2D eigenvalue weighted by Gasteiger charge is 2.22. The normalized spacial score (nSPS) is 13.8. The van der Waals surface area contributed by atoms with Gasteiger partial charge in [0.05, 0.1) is 18.8 Å². The van der Waals surface area contributed by atoms with E-state index in [2.05, 4.69) is 13.8 Å². The molecule has 0 spiro atoms. The van der Waals surface area contributed by atoms with Gasteiger partial charge in [0.25, 0.3) is 0 Å². The Hall–Kier alpha value is -1.91. The number of rotatable bonds is 5. The van der Waals surface area contributed by atoms with E-state index >= 15 is 0 Å². The molecular formula is C15H22N2O3. The average Bonchev–Trinajstić information content (AvgIpc) is 2.38. The summed E-state index contributed by atoms with van der Waals surface area (Å²) in [6, 6.07) is 5.52. The van der Waals surface area contributed by atoms with Crippen LogP contribution in [0, 0.1) is 5.92 Å². The molecule has 0 radical (unpaired) electrons. The number of ether oxygens (including phenoxy) is 2. The van der Waals surface area contributed by atoms with Crippen molar-refractivity contribution in [3.63, 3.8) is 0 Å². The molecule has 1 aromatic carbocycles. The molecule has 5 heteroatoms. The van der Waals surface area contributed by atoms with Crippen molar-refractivity contribution in [3.8, 4) is 5.75 Å². The van der Waals surface area contributed by atoms with Crippen LogP contribution in [0.4, 0.5) is 11.4 Å². The Morgan fingerprint density at radius 1 is 1.50 bits per heavy atom. The molecule has 1 aliphatic heterocycles. The fraction of sp³-hybridized carbons (Fsp3) is 0.533. The Balaban J connectivity index is 1.96. The van der Waals surface area contributed by atoms with E-state index in [1.54, 1.807) is 0 Å². The second-order valence-electron chi connectivity index (χ2n) is 5.37. The lowest BCUT2D eigenvalue weighted by Crippen LogP contribution is -2.38. The van der Waals surface area contributed by atoms with Crippen molar-refractivity contribution in [1.29, 1.82) is 0 Å². The van der Waals surface area contributed by atoms with Gasteiger partial charge in [0, 0.05) is 0 Å². The fourth-order valence-electron chi connectivity index (χ4n) is 2.14. The van der Waals surface area contributed by atoms with E-state index in [1.165, 1.54) is 0 Å². The van der Waals surface area contributed by atoms with E-state index in [4.69, 9.17) is 15.2 Å². The molecule has 5 nitrogen and oxygen atoms in total. The quantitative estimate of drug-likeness (QED) is 0.659. The van der Waals surface area contributed by atoms with Crippen LogP contribution < -0.4 is 15.4 Å². The van der Waals surface area contributed by atoms with E-state index in [0.717, 1.165) is 17.9 Å². The number of esters is 1. The van der Waals surface area contributed by atoms with E-state index in [1.807, 2.05) is 23.1 Å². The van der Waals surface area contributed by atoms with Crippen LogP contribution in [0.15, 0.2) is 18.2 Å². The molecule has 20 heavy (non-hydrogen) atoms. The summed E-state index contributed by atoms with van der Waals surface area (Å²) in [7, 11) is 0. The standard InChI is InChI=1S/C15H22N2O3/c1-11(2)6-8-20-14(18)10-17-7-9-19-13-5-3-4-12(16)15(13)17/h3-5,11H,6-10,16H2,1-2H3. The summed E-state index contributed by atoms with van der Waals surface area (Å²) in [6.07, 6.45) is 0.883. The third-order valence-electron chi connectivity index (χ3n) is 3.24. The van der Waals surface area contributed by atoms with Gasteiger partial charge in [-0.25, -0.2) is 0 Å². The van der Waals surface area contributed by atoms with E-state index in [-0.39, 0.29) is 12.5 Å². The first-order valence-electron chi connectivity index (χ1n) is 6.99. The van der Waals surface area contributed by atoms with Crippen molar-refractivity contribution in [1.82, 2.24) is 0 Å². The average molecular weight is 278 g/mol. The highest BCUT2D eigenvalue weighted by molar-refractivity contribution is 5.82. The van der Waals surface area contributed by atoms with Crippen LogP contribution in [0.3, 0.4) is 0 Å². The highest BCUT2D eigenvalue weighted by atomic mass is 16.5. The fourth-order valence-corrected chi connectivity index (χ4v) is 2.14. The van der Waals surface area contributed by atoms with E-state index in [0.29, 0.717) is 31.4 Å². The smallest absolute Gasteiger partial charge is 0.325 e. The van der Waals surface area contributed by atoms with E-state index in [9.17, 15) is 4.79 Å². The Kier molecular flexibility index (Phi) is 4.71. The van der Waals surface area contributed by atoms with Crippen molar-refractivity contribution in [2.45, 2.75) is 20.3 Å². The van der Waals surface area contributed by atoms with Crippen LogP contribution in [0.1, 0.15) is 20.3 Å². The third kappa shape index (κ3) is 3.56. The molecule has 0 saturated carbocycles. The summed E-state index contributed by atoms with van der Waals surface area (Å²) >= 11 is 0. The zero-order chi connectivity index (χ0) is 14.5. The van der Waals surface area contributed by atoms with Crippen LogP contribution in [-0.2, 0) is 9.53 Å². The largest absolute Gasteiger partial charge is 0.489 e. The molecule has 0 aromatic heterocycles. The zero-order valence-corrected chi connectivity index (χ0v) is 12.1. The topological polar surface area (TPSA) is 64.8 Å². The van der Waals surface area contributed by atoms with Gasteiger partial charge in [-0.2, -0.15) is 0 Å². The Labute approximate surface area is 119 Å². The number of nitrogen functional groups attached to an aromatic ring is 1.